The zero-order valence-corrected chi connectivity index (χ0v) is 16.1. The lowest BCUT2D eigenvalue weighted by molar-refractivity contribution is 0.0793. The van der Waals surface area contributed by atoms with E-state index in [9.17, 15) is 9.59 Å². The van der Waals surface area contributed by atoms with Crippen LogP contribution in [0.5, 0.6) is 0 Å². The minimum absolute atomic E-state index is 0.0854. The minimum Gasteiger partial charge on any atom is -0.361 e. The van der Waals surface area contributed by atoms with Gasteiger partial charge in [0.25, 0.3) is 5.91 Å². The van der Waals surface area contributed by atoms with E-state index in [1.54, 1.807) is 11.9 Å². The quantitative estimate of drug-likeness (QED) is 0.878. The molecule has 7 heteroatoms. The van der Waals surface area contributed by atoms with Crippen LogP contribution < -0.4 is 5.32 Å². The second-order valence-electron chi connectivity index (χ2n) is 7.01. The number of carbonyl (C=O) groups excluding carboxylic acids is 2. The van der Waals surface area contributed by atoms with Crippen LogP contribution in [0.4, 0.5) is 4.79 Å². The number of likely N-dealkylation sites (tertiary alicyclic amines) is 1. The van der Waals surface area contributed by atoms with Crippen molar-refractivity contribution in [2.45, 2.75) is 39.8 Å². The fourth-order valence-corrected chi connectivity index (χ4v) is 3.22. The van der Waals surface area contributed by atoms with E-state index in [1.165, 1.54) is 0 Å². The molecule has 1 N–H and O–H groups in total. The van der Waals surface area contributed by atoms with Crippen molar-refractivity contribution in [1.82, 2.24) is 20.3 Å². The molecule has 0 aliphatic carbocycles. The first-order chi connectivity index (χ1) is 13.0. The molecule has 0 bridgehead atoms. The number of nitrogens with one attached hydrogen (secondary N) is 1. The van der Waals surface area contributed by atoms with Crippen LogP contribution in [0.15, 0.2) is 28.8 Å². The topological polar surface area (TPSA) is 78.7 Å². The lowest BCUT2D eigenvalue weighted by Crippen LogP contribution is -2.36. The van der Waals surface area contributed by atoms with Crippen molar-refractivity contribution in [3.8, 4) is 0 Å². The van der Waals surface area contributed by atoms with Gasteiger partial charge in [0.1, 0.15) is 5.76 Å². The average Bonchev–Trinajstić information content (AvgIpc) is 3.32. The summed E-state index contributed by atoms with van der Waals surface area (Å²) in [4.78, 5) is 28.2. The number of hydrogen-bond donors (Lipinski definition) is 1. The summed E-state index contributed by atoms with van der Waals surface area (Å²) in [6, 6.07) is 7.26. The third-order valence-corrected chi connectivity index (χ3v) is 4.96. The number of amides is 3. The molecule has 27 heavy (non-hydrogen) atoms. The number of aromatic nitrogens is 1. The van der Waals surface area contributed by atoms with E-state index < -0.39 is 0 Å². The maximum atomic E-state index is 12.4. The molecule has 1 aliphatic heterocycles. The third kappa shape index (κ3) is 4.48. The Labute approximate surface area is 159 Å². The van der Waals surface area contributed by atoms with E-state index in [0.717, 1.165) is 48.5 Å². The Balaban J connectivity index is 1.51. The first kappa shape index (κ1) is 18.9. The number of aryl methyl sites for hydroxylation is 2. The number of rotatable bonds is 5. The van der Waals surface area contributed by atoms with Crippen molar-refractivity contribution in [3.63, 3.8) is 0 Å². The Hall–Kier alpha value is -2.83. The number of urea groups is 1. The number of benzene rings is 1. The molecular weight excluding hydrogens is 344 g/mol. The maximum absolute atomic E-state index is 12.4. The number of hydrogen-bond acceptors (Lipinski definition) is 4. The molecule has 1 aliphatic rings. The normalized spacial score (nSPS) is 13.7. The molecule has 0 spiro atoms. The summed E-state index contributed by atoms with van der Waals surface area (Å²) in [5, 5.41) is 6.80. The van der Waals surface area contributed by atoms with E-state index in [4.69, 9.17) is 4.52 Å². The molecule has 1 fully saturated rings. The lowest BCUT2D eigenvalue weighted by Gasteiger charge is -2.18. The first-order valence-corrected chi connectivity index (χ1v) is 9.24. The van der Waals surface area contributed by atoms with Crippen molar-refractivity contribution >= 4 is 11.9 Å². The molecule has 0 radical (unpaired) electrons. The summed E-state index contributed by atoms with van der Waals surface area (Å²) in [6.45, 7) is 6.23. The Morgan fingerprint density at radius 3 is 2.44 bits per heavy atom. The van der Waals surface area contributed by atoms with Crippen molar-refractivity contribution < 1.29 is 14.1 Å². The van der Waals surface area contributed by atoms with Crippen LogP contribution >= 0.6 is 0 Å². The maximum Gasteiger partial charge on any atom is 0.317 e. The van der Waals surface area contributed by atoms with Gasteiger partial charge in [-0.2, -0.15) is 0 Å². The molecule has 3 rings (SSSR count). The highest BCUT2D eigenvalue weighted by Gasteiger charge is 2.19. The Morgan fingerprint density at radius 2 is 1.85 bits per heavy atom. The molecule has 3 amide bonds. The SMILES string of the molecule is Cc1noc(C)c1CN(C)C(=O)NCc1ccc(C(=O)N2CCCC2)cc1. The summed E-state index contributed by atoms with van der Waals surface area (Å²) in [7, 11) is 1.74. The molecule has 144 valence electrons. The Morgan fingerprint density at radius 1 is 1.19 bits per heavy atom. The Bertz CT molecular complexity index is 788. The van der Waals surface area contributed by atoms with Crippen LogP contribution in [0.1, 0.15) is 45.8 Å². The van der Waals surface area contributed by atoms with Crippen LogP contribution in [-0.4, -0.2) is 47.0 Å². The molecule has 1 saturated heterocycles. The van der Waals surface area contributed by atoms with E-state index >= 15 is 0 Å². The predicted molar refractivity (Wildman–Crippen MR) is 101 cm³/mol. The lowest BCUT2D eigenvalue weighted by atomic mass is 10.1. The van der Waals surface area contributed by atoms with Crippen LogP contribution in [-0.2, 0) is 13.1 Å². The van der Waals surface area contributed by atoms with Gasteiger partial charge in [-0.25, -0.2) is 4.79 Å². The van der Waals surface area contributed by atoms with Crippen LogP contribution in [0.3, 0.4) is 0 Å². The van der Waals surface area contributed by atoms with Crippen LogP contribution in [0.25, 0.3) is 0 Å². The van der Waals surface area contributed by atoms with E-state index in [1.807, 2.05) is 43.0 Å². The first-order valence-electron chi connectivity index (χ1n) is 9.24. The zero-order valence-electron chi connectivity index (χ0n) is 16.1. The smallest absolute Gasteiger partial charge is 0.317 e. The molecule has 1 aromatic carbocycles. The van der Waals surface area contributed by atoms with Gasteiger partial charge in [-0.05, 0) is 44.4 Å². The highest BCUT2D eigenvalue weighted by atomic mass is 16.5. The monoisotopic (exact) mass is 370 g/mol. The summed E-state index contributed by atoms with van der Waals surface area (Å²) >= 11 is 0. The van der Waals surface area contributed by atoms with Gasteiger partial charge in [0.05, 0.1) is 12.2 Å². The molecule has 1 aromatic heterocycles. The van der Waals surface area contributed by atoms with Gasteiger partial charge in [-0.3, -0.25) is 4.79 Å². The van der Waals surface area contributed by atoms with E-state index in [-0.39, 0.29) is 11.9 Å². The van der Waals surface area contributed by atoms with Crippen molar-refractivity contribution in [1.29, 1.82) is 0 Å². The van der Waals surface area contributed by atoms with Gasteiger partial charge >= 0.3 is 6.03 Å². The summed E-state index contributed by atoms with van der Waals surface area (Å²) in [5.41, 5.74) is 3.37. The minimum atomic E-state index is -0.174. The predicted octanol–water partition coefficient (Wildman–Crippen LogP) is 2.87. The highest BCUT2D eigenvalue weighted by Crippen LogP contribution is 2.15. The molecular formula is C20H26N4O3. The fraction of sp³-hybridized carbons (Fsp3) is 0.450. The molecule has 2 heterocycles. The fourth-order valence-electron chi connectivity index (χ4n) is 3.22. The second kappa shape index (κ2) is 8.24. The van der Waals surface area contributed by atoms with Gasteiger partial charge in [0.15, 0.2) is 0 Å². The van der Waals surface area contributed by atoms with Crippen LogP contribution in [0, 0.1) is 13.8 Å². The van der Waals surface area contributed by atoms with Gasteiger partial charge in [0, 0.05) is 37.8 Å². The van der Waals surface area contributed by atoms with Crippen LogP contribution in [0.2, 0.25) is 0 Å². The standard InChI is InChI=1S/C20H26N4O3/c1-14-18(15(2)27-22-14)13-23(3)20(26)21-12-16-6-8-17(9-7-16)19(25)24-10-4-5-11-24/h6-9H,4-5,10-13H2,1-3H3,(H,21,26). The van der Waals surface area contributed by atoms with Crippen molar-refractivity contribution in [2.75, 3.05) is 20.1 Å². The number of nitrogens with zero attached hydrogens (tertiary/aromatic N) is 3. The van der Waals surface area contributed by atoms with E-state index in [0.29, 0.717) is 18.7 Å². The molecule has 0 unspecified atom stereocenters. The Kier molecular flexibility index (Phi) is 5.78. The summed E-state index contributed by atoms with van der Waals surface area (Å²) in [6.07, 6.45) is 2.16. The third-order valence-electron chi connectivity index (χ3n) is 4.96. The molecule has 2 aromatic rings. The highest BCUT2D eigenvalue weighted by molar-refractivity contribution is 5.94. The van der Waals surface area contributed by atoms with Gasteiger partial charge in [0.2, 0.25) is 0 Å². The number of carbonyl (C=O) groups is 2. The largest absolute Gasteiger partial charge is 0.361 e. The van der Waals surface area contributed by atoms with Gasteiger partial charge in [-0.1, -0.05) is 17.3 Å². The van der Waals surface area contributed by atoms with Crippen molar-refractivity contribution in [3.05, 3.63) is 52.4 Å². The van der Waals surface area contributed by atoms with Crippen molar-refractivity contribution in [2.24, 2.45) is 0 Å². The molecule has 0 saturated carbocycles. The summed E-state index contributed by atoms with van der Waals surface area (Å²) in [5.74, 6) is 0.813. The van der Waals surface area contributed by atoms with Gasteiger partial charge < -0.3 is 19.6 Å². The van der Waals surface area contributed by atoms with E-state index in [2.05, 4.69) is 10.5 Å². The molecule has 7 nitrogen and oxygen atoms in total. The average molecular weight is 370 g/mol. The molecule has 0 atom stereocenters. The zero-order chi connectivity index (χ0) is 19.4. The van der Waals surface area contributed by atoms with Gasteiger partial charge in [-0.15, -0.1) is 0 Å². The summed E-state index contributed by atoms with van der Waals surface area (Å²) < 4.78 is 5.13. The second-order valence-corrected chi connectivity index (χ2v) is 7.01.